The average molecular weight is 414 g/mol. The predicted molar refractivity (Wildman–Crippen MR) is 112 cm³/mol. The summed E-state index contributed by atoms with van der Waals surface area (Å²) in [6.07, 6.45) is 0. The summed E-state index contributed by atoms with van der Waals surface area (Å²) in [5, 5.41) is -0.315. The number of likely N-dealkylation sites (N-methyl/N-ethyl adjacent to an activating group) is 1. The zero-order chi connectivity index (χ0) is 20.4. The van der Waals surface area contributed by atoms with Crippen LogP contribution < -0.4 is 0 Å². The number of carbonyl (C=O) groups excluding carboxylic acids is 2. The average Bonchev–Trinajstić information content (AvgIpc) is 3.11. The van der Waals surface area contributed by atoms with E-state index < -0.39 is 6.04 Å². The summed E-state index contributed by atoms with van der Waals surface area (Å²) in [4.78, 5) is 32.3. The molecule has 0 radical (unpaired) electrons. The van der Waals surface area contributed by atoms with Crippen molar-refractivity contribution in [2.24, 2.45) is 0 Å². The minimum atomic E-state index is -0.683. The Morgan fingerprint density at radius 2 is 1.69 bits per heavy atom. The van der Waals surface area contributed by atoms with Gasteiger partial charge in [-0.3, -0.25) is 9.59 Å². The zero-order valence-electron chi connectivity index (χ0n) is 16.3. The first kappa shape index (κ1) is 19.9. The van der Waals surface area contributed by atoms with Gasteiger partial charge in [-0.1, -0.05) is 42.5 Å². The highest BCUT2D eigenvalue weighted by Gasteiger charge is 2.43. The molecule has 7 heteroatoms. The van der Waals surface area contributed by atoms with Crippen LogP contribution in [0.15, 0.2) is 54.6 Å². The SMILES string of the molecule is CN1CCN(C(=O)[C@H](c2ccccc2)N2C(=O)CS[C@@H]2c2ccc(F)cc2)CC1. The summed E-state index contributed by atoms with van der Waals surface area (Å²) in [5.74, 6) is -0.128. The molecule has 2 saturated heterocycles. The van der Waals surface area contributed by atoms with Crippen molar-refractivity contribution >= 4 is 23.6 Å². The third kappa shape index (κ3) is 4.16. The van der Waals surface area contributed by atoms with Gasteiger partial charge in [0.1, 0.15) is 17.2 Å². The number of thioether (sulfide) groups is 1. The lowest BCUT2D eigenvalue weighted by Gasteiger charge is -2.38. The molecule has 29 heavy (non-hydrogen) atoms. The third-order valence-corrected chi connectivity index (χ3v) is 6.73. The number of benzene rings is 2. The lowest BCUT2D eigenvalue weighted by Crippen LogP contribution is -2.51. The predicted octanol–water partition coefficient (Wildman–Crippen LogP) is 2.92. The molecule has 2 aliphatic rings. The fourth-order valence-corrected chi connectivity index (χ4v) is 5.06. The lowest BCUT2D eigenvalue weighted by molar-refractivity contribution is -0.146. The number of halogens is 1. The van der Waals surface area contributed by atoms with Gasteiger partial charge in [0.05, 0.1) is 5.75 Å². The Kier molecular flexibility index (Phi) is 5.87. The Morgan fingerprint density at radius 1 is 1.03 bits per heavy atom. The topological polar surface area (TPSA) is 43.9 Å². The monoisotopic (exact) mass is 413 g/mol. The summed E-state index contributed by atoms with van der Waals surface area (Å²) >= 11 is 1.48. The second-order valence-electron chi connectivity index (χ2n) is 7.46. The number of rotatable bonds is 4. The third-order valence-electron chi connectivity index (χ3n) is 5.50. The van der Waals surface area contributed by atoms with E-state index in [1.807, 2.05) is 42.3 Å². The number of hydrogen-bond acceptors (Lipinski definition) is 4. The first-order valence-corrected chi connectivity index (χ1v) is 10.8. The number of nitrogens with zero attached hydrogens (tertiary/aromatic N) is 3. The second-order valence-corrected chi connectivity index (χ2v) is 8.53. The molecule has 2 atom stereocenters. The van der Waals surface area contributed by atoms with Gasteiger partial charge in [-0.15, -0.1) is 11.8 Å². The standard InChI is InChI=1S/C22H24FN3O2S/c1-24-11-13-25(14-12-24)21(28)20(16-5-3-2-4-6-16)26-19(27)15-29-22(26)17-7-9-18(23)10-8-17/h2-10,20,22H,11-15H2,1H3/t20-,22+/m0/s1. The molecule has 152 valence electrons. The maximum atomic E-state index is 13.6. The molecule has 0 spiro atoms. The molecular formula is C22H24FN3O2S. The van der Waals surface area contributed by atoms with Gasteiger partial charge in [0, 0.05) is 26.2 Å². The van der Waals surface area contributed by atoms with E-state index in [4.69, 9.17) is 0 Å². The van der Waals surface area contributed by atoms with Crippen molar-refractivity contribution in [3.05, 3.63) is 71.5 Å². The normalized spacial score (nSPS) is 21.4. The molecule has 0 saturated carbocycles. The van der Waals surface area contributed by atoms with Crippen LogP contribution in [0.25, 0.3) is 0 Å². The smallest absolute Gasteiger partial charge is 0.250 e. The molecule has 2 aromatic carbocycles. The molecule has 2 heterocycles. The Hall–Kier alpha value is -2.38. The van der Waals surface area contributed by atoms with Crippen LogP contribution in [0, 0.1) is 5.82 Å². The van der Waals surface area contributed by atoms with Crippen LogP contribution in [0.3, 0.4) is 0 Å². The summed E-state index contributed by atoms with van der Waals surface area (Å²) in [6.45, 7) is 2.93. The molecule has 0 aliphatic carbocycles. The molecule has 0 unspecified atom stereocenters. The molecule has 2 aliphatic heterocycles. The van der Waals surface area contributed by atoms with Crippen LogP contribution >= 0.6 is 11.8 Å². The van der Waals surface area contributed by atoms with Crippen LogP contribution in [0.1, 0.15) is 22.5 Å². The van der Waals surface area contributed by atoms with Crippen molar-refractivity contribution in [2.45, 2.75) is 11.4 Å². The van der Waals surface area contributed by atoms with Gasteiger partial charge < -0.3 is 14.7 Å². The van der Waals surface area contributed by atoms with E-state index in [1.54, 1.807) is 17.0 Å². The van der Waals surface area contributed by atoms with Gasteiger partial charge in [0.15, 0.2) is 0 Å². The maximum absolute atomic E-state index is 13.6. The highest BCUT2D eigenvalue weighted by Crippen LogP contribution is 2.44. The first-order chi connectivity index (χ1) is 14.0. The second kappa shape index (κ2) is 8.55. The number of carbonyl (C=O) groups is 2. The molecule has 2 amide bonds. The molecule has 2 aromatic rings. The fraction of sp³-hybridized carbons (Fsp3) is 0.364. The van der Waals surface area contributed by atoms with Crippen LogP contribution in [0.2, 0.25) is 0 Å². The van der Waals surface area contributed by atoms with E-state index in [9.17, 15) is 14.0 Å². The molecule has 0 aromatic heterocycles. The van der Waals surface area contributed by atoms with Gasteiger partial charge in [-0.05, 0) is 30.3 Å². The minimum Gasteiger partial charge on any atom is -0.338 e. The van der Waals surface area contributed by atoms with E-state index in [-0.39, 0.29) is 23.0 Å². The lowest BCUT2D eigenvalue weighted by atomic mass is 10.0. The van der Waals surface area contributed by atoms with Crippen molar-refractivity contribution in [3.63, 3.8) is 0 Å². The largest absolute Gasteiger partial charge is 0.338 e. The first-order valence-electron chi connectivity index (χ1n) is 9.75. The molecule has 5 nitrogen and oxygen atoms in total. The molecule has 4 rings (SSSR count). The maximum Gasteiger partial charge on any atom is 0.250 e. The zero-order valence-corrected chi connectivity index (χ0v) is 17.1. The Bertz CT molecular complexity index is 869. The van der Waals surface area contributed by atoms with E-state index in [1.165, 1.54) is 23.9 Å². The number of hydrogen-bond donors (Lipinski definition) is 0. The Balaban J connectivity index is 1.70. The van der Waals surface area contributed by atoms with Crippen molar-refractivity contribution in [1.82, 2.24) is 14.7 Å². The van der Waals surface area contributed by atoms with E-state index in [0.29, 0.717) is 18.8 Å². The highest BCUT2D eigenvalue weighted by atomic mass is 32.2. The van der Waals surface area contributed by atoms with E-state index in [2.05, 4.69) is 4.90 Å². The van der Waals surface area contributed by atoms with Crippen molar-refractivity contribution in [2.75, 3.05) is 39.0 Å². The van der Waals surface area contributed by atoms with Crippen molar-refractivity contribution in [3.8, 4) is 0 Å². The Labute approximate surface area is 174 Å². The Morgan fingerprint density at radius 3 is 2.34 bits per heavy atom. The molecule has 0 bridgehead atoms. The summed E-state index contributed by atoms with van der Waals surface area (Å²) in [5.41, 5.74) is 1.63. The van der Waals surface area contributed by atoms with Gasteiger partial charge in [-0.2, -0.15) is 0 Å². The van der Waals surface area contributed by atoms with Gasteiger partial charge >= 0.3 is 0 Å². The van der Waals surface area contributed by atoms with E-state index >= 15 is 0 Å². The minimum absolute atomic E-state index is 0.0488. The van der Waals surface area contributed by atoms with Crippen LogP contribution in [0.5, 0.6) is 0 Å². The van der Waals surface area contributed by atoms with Crippen LogP contribution in [-0.2, 0) is 9.59 Å². The fourth-order valence-electron chi connectivity index (χ4n) is 3.86. The summed E-state index contributed by atoms with van der Waals surface area (Å²) in [7, 11) is 2.04. The van der Waals surface area contributed by atoms with Crippen LogP contribution in [0.4, 0.5) is 4.39 Å². The van der Waals surface area contributed by atoms with Gasteiger partial charge in [0.25, 0.3) is 0 Å². The number of amides is 2. The number of piperazine rings is 1. The van der Waals surface area contributed by atoms with E-state index in [0.717, 1.165) is 24.2 Å². The quantitative estimate of drug-likeness (QED) is 0.773. The molecular weight excluding hydrogens is 389 g/mol. The van der Waals surface area contributed by atoms with Gasteiger partial charge in [0.2, 0.25) is 11.8 Å². The summed E-state index contributed by atoms with van der Waals surface area (Å²) in [6, 6.07) is 15.0. The van der Waals surface area contributed by atoms with Crippen molar-refractivity contribution in [1.29, 1.82) is 0 Å². The molecule has 0 N–H and O–H groups in total. The highest BCUT2D eigenvalue weighted by molar-refractivity contribution is 8.00. The van der Waals surface area contributed by atoms with Crippen LogP contribution in [-0.4, -0.2) is 65.5 Å². The molecule has 2 fully saturated rings. The van der Waals surface area contributed by atoms with Gasteiger partial charge in [-0.25, -0.2) is 4.39 Å². The van der Waals surface area contributed by atoms with Crippen molar-refractivity contribution < 1.29 is 14.0 Å². The summed E-state index contributed by atoms with van der Waals surface area (Å²) < 4.78 is 13.4.